The van der Waals surface area contributed by atoms with Crippen LogP contribution in [0.3, 0.4) is 0 Å². The maximum absolute atomic E-state index is 10.5. The molecule has 1 heterocycles. The molecule has 0 radical (unpaired) electrons. The lowest BCUT2D eigenvalue weighted by Crippen LogP contribution is -2.52. The maximum Gasteiger partial charge on any atom is 0.194 e. The fourth-order valence-electron chi connectivity index (χ4n) is 3.49. The van der Waals surface area contributed by atoms with Crippen molar-refractivity contribution in [3.8, 4) is 5.75 Å². The Balaban J connectivity index is 1.54. The number of nitrogens with zero attached hydrogens (tertiary/aromatic N) is 3. The van der Waals surface area contributed by atoms with Crippen molar-refractivity contribution in [3.05, 3.63) is 65.7 Å². The molecule has 1 fully saturated rings. The number of hydrogen-bond acceptors (Lipinski definition) is 4. The molecule has 0 bridgehead atoms. The number of aliphatic hydroxyl groups excluding tert-OH is 1. The van der Waals surface area contributed by atoms with Gasteiger partial charge in [-0.1, -0.05) is 42.5 Å². The van der Waals surface area contributed by atoms with E-state index in [-0.39, 0.29) is 0 Å². The number of piperazine rings is 1. The number of ether oxygens (including phenoxy) is 1. The monoisotopic (exact) mass is 396 g/mol. The first-order chi connectivity index (χ1) is 14.2. The normalized spacial score (nSPS) is 16.5. The van der Waals surface area contributed by atoms with Crippen LogP contribution in [-0.2, 0) is 6.54 Å². The lowest BCUT2D eigenvalue weighted by Gasteiger charge is -2.36. The molecule has 2 aromatic carbocycles. The van der Waals surface area contributed by atoms with E-state index in [1.165, 1.54) is 5.56 Å². The molecule has 156 valence electrons. The third-order valence-corrected chi connectivity index (χ3v) is 5.17. The number of nitrogens with one attached hydrogen (secondary N) is 1. The molecule has 6 heteroatoms. The fraction of sp³-hybridized carbons (Fsp3) is 0.435. The van der Waals surface area contributed by atoms with Gasteiger partial charge in [0.15, 0.2) is 5.96 Å². The molecule has 29 heavy (non-hydrogen) atoms. The van der Waals surface area contributed by atoms with Gasteiger partial charge in [0.25, 0.3) is 0 Å². The second kappa shape index (κ2) is 10.8. The van der Waals surface area contributed by atoms with Gasteiger partial charge in [-0.05, 0) is 30.2 Å². The predicted molar refractivity (Wildman–Crippen MR) is 117 cm³/mol. The van der Waals surface area contributed by atoms with Gasteiger partial charge in [-0.25, -0.2) is 0 Å². The zero-order valence-corrected chi connectivity index (χ0v) is 17.4. The smallest absolute Gasteiger partial charge is 0.194 e. The van der Waals surface area contributed by atoms with Crippen LogP contribution in [0, 0.1) is 0 Å². The molecule has 0 spiro atoms. The molecule has 0 amide bonds. The third-order valence-electron chi connectivity index (χ3n) is 5.17. The van der Waals surface area contributed by atoms with Gasteiger partial charge in [-0.3, -0.25) is 9.89 Å². The highest BCUT2D eigenvalue weighted by Crippen LogP contribution is 2.18. The Kier molecular flexibility index (Phi) is 7.90. The van der Waals surface area contributed by atoms with Gasteiger partial charge in [0, 0.05) is 39.3 Å². The first kappa shape index (κ1) is 21.1. The van der Waals surface area contributed by atoms with Crippen molar-refractivity contribution in [2.45, 2.75) is 19.6 Å². The van der Waals surface area contributed by atoms with Gasteiger partial charge in [0.2, 0.25) is 0 Å². The standard InChI is InChI=1S/C23H32N4O2/c1-3-24-23(25-17-22(28)20-9-11-21(29-2)12-10-20)27-15-13-26(14-16-27)18-19-7-5-4-6-8-19/h4-12,22,28H,3,13-18H2,1-2H3,(H,24,25). The van der Waals surface area contributed by atoms with E-state index in [1.807, 2.05) is 24.3 Å². The van der Waals surface area contributed by atoms with Crippen molar-refractivity contribution in [3.63, 3.8) is 0 Å². The van der Waals surface area contributed by atoms with Crippen LogP contribution in [0.2, 0.25) is 0 Å². The quantitative estimate of drug-likeness (QED) is 0.556. The van der Waals surface area contributed by atoms with Gasteiger partial charge in [0.05, 0.1) is 19.8 Å². The molecule has 0 aliphatic carbocycles. The van der Waals surface area contributed by atoms with Crippen LogP contribution < -0.4 is 10.1 Å². The van der Waals surface area contributed by atoms with Crippen molar-refractivity contribution in [2.75, 3.05) is 46.4 Å². The summed E-state index contributed by atoms with van der Waals surface area (Å²) in [5.74, 6) is 1.66. The molecule has 1 atom stereocenters. The van der Waals surface area contributed by atoms with Crippen LogP contribution in [0.4, 0.5) is 0 Å². The van der Waals surface area contributed by atoms with Crippen LogP contribution in [0.1, 0.15) is 24.2 Å². The van der Waals surface area contributed by atoms with Crippen LogP contribution in [0.15, 0.2) is 59.6 Å². The lowest BCUT2D eigenvalue weighted by atomic mass is 10.1. The fourth-order valence-corrected chi connectivity index (χ4v) is 3.49. The molecule has 0 saturated carbocycles. The van der Waals surface area contributed by atoms with E-state index in [0.29, 0.717) is 6.54 Å². The molecule has 1 saturated heterocycles. The van der Waals surface area contributed by atoms with Crippen LogP contribution >= 0.6 is 0 Å². The molecule has 2 aromatic rings. The Labute approximate surface area is 173 Å². The summed E-state index contributed by atoms with van der Waals surface area (Å²) in [6.07, 6.45) is -0.631. The zero-order valence-electron chi connectivity index (χ0n) is 17.4. The first-order valence-electron chi connectivity index (χ1n) is 10.3. The summed E-state index contributed by atoms with van der Waals surface area (Å²) >= 11 is 0. The molecule has 2 N–H and O–H groups in total. The minimum absolute atomic E-state index is 0.332. The van der Waals surface area contributed by atoms with Gasteiger partial charge in [0.1, 0.15) is 5.75 Å². The number of aliphatic imine (C=N–C) groups is 1. The van der Waals surface area contributed by atoms with Crippen molar-refractivity contribution < 1.29 is 9.84 Å². The summed E-state index contributed by atoms with van der Waals surface area (Å²) in [6, 6.07) is 18.1. The first-order valence-corrected chi connectivity index (χ1v) is 10.3. The number of hydrogen-bond donors (Lipinski definition) is 2. The number of aliphatic hydroxyl groups is 1. The number of benzene rings is 2. The Morgan fingerprint density at radius 3 is 2.38 bits per heavy atom. The zero-order chi connectivity index (χ0) is 20.5. The number of rotatable bonds is 7. The second-order valence-corrected chi connectivity index (χ2v) is 7.23. The highest BCUT2D eigenvalue weighted by atomic mass is 16.5. The summed E-state index contributed by atoms with van der Waals surface area (Å²) in [6.45, 7) is 8.05. The molecule has 1 unspecified atom stereocenters. The SMILES string of the molecule is CCNC(=NCC(O)c1ccc(OC)cc1)N1CCN(Cc2ccccc2)CC1. The Morgan fingerprint density at radius 2 is 1.76 bits per heavy atom. The van der Waals surface area contributed by atoms with Crippen molar-refractivity contribution >= 4 is 5.96 Å². The summed E-state index contributed by atoms with van der Waals surface area (Å²) in [7, 11) is 1.64. The van der Waals surface area contributed by atoms with E-state index in [4.69, 9.17) is 9.73 Å². The Morgan fingerprint density at radius 1 is 1.07 bits per heavy atom. The summed E-state index contributed by atoms with van der Waals surface area (Å²) < 4.78 is 5.17. The average molecular weight is 397 g/mol. The summed E-state index contributed by atoms with van der Waals surface area (Å²) in [4.78, 5) is 9.45. The van der Waals surface area contributed by atoms with Gasteiger partial charge >= 0.3 is 0 Å². The van der Waals surface area contributed by atoms with Crippen LogP contribution in [0.25, 0.3) is 0 Å². The van der Waals surface area contributed by atoms with Gasteiger partial charge in [-0.2, -0.15) is 0 Å². The maximum atomic E-state index is 10.5. The van der Waals surface area contributed by atoms with Crippen molar-refractivity contribution in [1.29, 1.82) is 0 Å². The molecular formula is C23H32N4O2. The summed E-state index contributed by atoms with van der Waals surface area (Å²) in [5.41, 5.74) is 2.20. The van der Waals surface area contributed by atoms with E-state index in [0.717, 1.165) is 56.5 Å². The van der Waals surface area contributed by atoms with E-state index in [2.05, 4.69) is 52.4 Å². The van der Waals surface area contributed by atoms with E-state index in [9.17, 15) is 5.11 Å². The van der Waals surface area contributed by atoms with Crippen LogP contribution in [0.5, 0.6) is 5.75 Å². The Hall–Kier alpha value is -2.57. The molecule has 1 aliphatic rings. The van der Waals surface area contributed by atoms with E-state index >= 15 is 0 Å². The number of guanidine groups is 1. The van der Waals surface area contributed by atoms with Crippen LogP contribution in [-0.4, -0.2) is 67.2 Å². The molecular weight excluding hydrogens is 364 g/mol. The largest absolute Gasteiger partial charge is 0.497 e. The minimum Gasteiger partial charge on any atom is -0.497 e. The van der Waals surface area contributed by atoms with E-state index < -0.39 is 6.10 Å². The second-order valence-electron chi connectivity index (χ2n) is 7.23. The Bertz CT molecular complexity index is 756. The highest BCUT2D eigenvalue weighted by molar-refractivity contribution is 5.80. The van der Waals surface area contributed by atoms with Crippen molar-refractivity contribution in [2.24, 2.45) is 4.99 Å². The van der Waals surface area contributed by atoms with Crippen molar-refractivity contribution in [1.82, 2.24) is 15.1 Å². The average Bonchev–Trinajstić information content (AvgIpc) is 2.78. The highest BCUT2D eigenvalue weighted by Gasteiger charge is 2.20. The molecule has 0 aromatic heterocycles. The third kappa shape index (κ3) is 6.21. The molecule has 3 rings (SSSR count). The van der Waals surface area contributed by atoms with Gasteiger partial charge < -0.3 is 20.1 Å². The molecule has 1 aliphatic heterocycles. The lowest BCUT2D eigenvalue weighted by molar-refractivity contribution is 0.169. The van der Waals surface area contributed by atoms with E-state index in [1.54, 1.807) is 7.11 Å². The predicted octanol–water partition coefficient (Wildman–Crippen LogP) is 2.51. The number of methoxy groups -OCH3 is 1. The van der Waals surface area contributed by atoms with Gasteiger partial charge in [-0.15, -0.1) is 0 Å². The summed E-state index contributed by atoms with van der Waals surface area (Å²) in [5, 5.41) is 13.9. The minimum atomic E-state index is -0.631. The molecule has 6 nitrogen and oxygen atoms in total. The topological polar surface area (TPSA) is 60.3 Å².